The summed E-state index contributed by atoms with van der Waals surface area (Å²) in [6.07, 6.45) is 0. The smallest absolute Gasteiger partial charge is 0.316 e. The molecule has 156 valence electrons. The molecule has 1 heterocycles. The average Bonchev–Trinajstić information content (AvgIpc) is 3.26. The zero-order chi connectivity index (χ0) is 21.5. The monoisotopic (exact) mass is 430 g/mol. The number of carbonyl (C=O) groups is 2. The maximum absolute atomic E-state index is 12.2. The number of nitrogens with one attached hydrogen (secondary N) is 2. The second-order valence-electron chi connectivity index (χ2n) is 5.98. The Hall–Kier alpha value is -3.59. The van der Waals surface area contributed by atoms with Crippen LogP contribution in [-0.4, -0.2) is 49.3 Å². The highest BCUT2D eigenvalue weighted by Crippen LogP contribution is 2.30. The predicted octanol–water partition coefficient (Wildman–Crippen LogP) is 2.57. The fourth-order valence-electron chi connectivity index (χ4n) is 2.64. The number of ether oxygens (including phenoxy) is 2. The van der Waals surface area contributed by atoms with Crippen LogP contribution < -0.4 is 20.1 Å². The second-order valence-corrected chi connectivity index (χ2v) is 6.42. The van der Waals surface area contributed by atoms with Crippen molar-refractivity contribution in [1.82, 2.24) is 20.8 Å². The zero-order valence-electron chi connectivity index (χ0n) is 16.3. The first-order valence-electron chi connectivity index (χ1n) is 8.90. The molecule has 3 rings (SSSR count). The maximum Gasteiger partial charge on any atom is 0.316 e. The van der Waals surface area contributed by atoms with E-state index in [2.05, 4.69) is 20.8 Å². The van der Waals surface area contributed by atoms with Gasteiger partial charge in [-0.3, -0.25) is 9.59 Å². The topological polar surface area (TPSA) is 116 Å². The van der Waals surface area contributed by atoms with Gasteiger partial charge in [-0.15, -0.1) is 0 Å². The van der Waals surface area contributed by atoms with Crippen LogP contribution >= 0.6 is 11.6 Å². The maximum atomic E-state index is 12.2. The van der Waals surface area contributed by atoms with Gasteiger partial charge in [-0.05, 0) is 30.3 Å². The standard InChI is InChI=1S/C20H19ClN4O5/c1-28-15-6-4-3-5-13(15)18(26)22-9-10-23-19(27)20-24-17(25-30-20)14-11-12(21)7-8-16(14)29-2/h3-8,11H,9-10H2,1-2H3,(H,22,26)(H,23,27). The van der Waals surface area contributed by atoms with Gasteiger partial charge in [0, 0.05) is 18.1 Å². The van der Waals surface area contributed by atoms with E-state index in [1.165, 1.54) is 14.2 Å². The molecular weight excluding hydrogens is 412 g/mol. The minimum Gasteiger partial charge on any atom is -0.496 e. The van der Waals surface area contributed by atoms with Crippen LogP contribution in [0.15, 0.2) is 47.0 Å². The summed E-state index contributed by atoms with van der Waals surface area (Å²) in [5.74, 6) is 0.0308. The quantitative estimate of drug-likeness (QED) is 0.527. The van der Waals surface area contributed by atoms with Crippen molar-refractivity contribution in [1.29, 1.82) is 0 Å². The third-order valence-corrected chi connectivity index (χ3v) is 4.31. The summed E-state index contributed by atoms with van der Waals surface area (Å²) in [5.41, 5.74) is 0.903. The van der Waals surface area contributed by atoms with Gasteiger partial charge < -0.3 is 24.6 Å². The first kappa shape index (κ1) is 21.1. The van der Waals surface area contributed by atoms with Crippen LogP contribution in [0.5, 0.6) is 11.5 Å². The molecule has 0 aliphatic rings. The number of nitrogens with zero attached hydrogens (tertiary/aromatic N) is 2. The number of amides is 2. The van der Waals surface area contributed by atoms with Gasteiger partial charge in [-0.2, -0.15) is 4.98 Å². The molecular formula is C20H19ClN4O5. The molecule has 2 amide bonds. The minimum atomic E-state index is -0.568. The van der Waals surface area contributed by atoms with E-state index in [4.69, 9.17) is 25.6 Å². The summed E-state index contributed by atoms with van der Waals surface area (Å²) < 4.78 is 15.4. The highest BCUT2D eigenvalue weighted by molar-refractivity contribution is 6.30. The Morgan fingerprint density at radius 2 is 1.70 bits per heavy atom. The van der Waals surface area contributed by atoms with Crippen molar-refractivity contribution < 1.29 is 23.6 Å². The molecule has 0 unspecified atom stereocenters. The highest BCUT2D eigenvalue weighted by Gasteiger charge is 2.18. The molecule has 0 spiro atoms. The first-order chi connectivity index (χ1) is 14.5. The number of benzene rings is 2. The molecule has 0 bridgehead atoms. The van der Waals surface area contributed by atoms with Crippen LogP contribution in [0.2, 0.25) is 5.02 Å². The van der Waals surface area contributed by atoms with Gasteiger partial charge in [-0.1, -0.05) is 28.9 Å². The number of para-hydroxylation sites is 1. The number of halogens is 1. The lowest BCUT2D eigenvalue weighted by Crippen LogP contribution is -2.34. The molecule has 0 atom stereocenters. The van der Waals surface area contributed by atoms with Gasteiger partial charge >= 0.3 is 11.8 Å². The van der Waals surface area contributed by atoms with Gasteiger partial charge in [0.25, 0.3) is 5.91 Å². The summed E-state index contributed by atoms with van der Waals surface area (Å²) >= 11 is 6.00. The Labute approximate surface area is 177 Å². The molecule has 10 heteroatoms. The van der Waals surface area contributed by atoms with Crippen LogP contribution in [0.1, 0.15) is 21.0 Å². The molecule has 30 heavy (non-hydrogen) atoms. The van der Waals surface area contributed by atoms with Crippen LogP contribution in [0, 0.1) is 0 Å². The van der Waals surface area contributed by atoms with Crippen LogP contribution in [0.25, 0.3) is 11.4 Å². The van der Waals surface area contributed by atoms with Crippen molar-refractivity contribution >= 4 is 23.4 Å². The van der Waals surface area contributed by atoms with Gasteiger partial charge in [-0.25, -0.2) is 0 Å². The Kier molecular flexibility index (Phi) is 6.87. The van der Waals surface area contributed by atoms with Crippen LogP contribution in [0.3, 0.4) is 0 Å². The summed E-state index contributed by atoms with van der Waals surface area (Å²) in [5, 5.41) is 9.57. The van der Waals surface area contributed by atoms with Crippen molar-refractivity contribution in [3.63, 3.8) is 0 Å². The number of rotatable bonds is 8. The fourth-order valence-corrected chi connectivity index (χ4v) is 2.81. The van der Waals surface area contributed by atoms with Gasteiger partial charge in [0.2, 0.25) is 5.82 Å². The van der Waals surface area contributed by atoms with E-state index >= 15 is 0 Å². The molecule has 9 nitrogen and oxygen atoms in total. The predicted molar refractivity (Wildman–Crippen MR) is 109 cm³/mol. The summed E-state index contributed by atoms with van der Waals surface area (Å²) in [7, 11) is 2.99. The van der Waals surface area contributed by atoms with Crippen molar-refractivity contribution in [2.24, 2.45) is 0 Å². The normalized spacial score (nSPS) is 10.4. The lowest BCUT2D eigenvalue weighted by Gasteiger charge is -2.09. The van der Waals surface area contributed by atoms with Crippen LogP contribution in [-0.2, 0) is 0 Å². The largest absolute Gasteiger partial charge is 0.496 e. The van der Waals surface area contributed by atoms with Crippen molar-refractivity contribution in [2.75, 3.05) is 27.3 Å². The van der Waals surface area contributed by atoms with E-state index in [1.54, 1.807) is 42.5 Å². The van der Waals surface area contributed by atoms with E-state index in [-0.39, 0.29) is 30.7 Å². The Morgan fingerprint density at radius 3 is 2.43 bits per heavy atom. The fraction of sp³-hybridized carbons (Fsp3) is 0.200. The number of aromatic nitrogens is 2. The molecule has 3 aromatic rings. The number of hydrogen-bond donors (Lipinski definition) is 2. The van der Waals surface area contributed by atoms with Gasteiger partial charge in [0.1, 0.15) is 11.5 Å². The average molecular weight is 431 g/mol. The third kappa shape index (κ3) is 4.87. The highest BCUT2D eigenvalue weighted by atomic mass is 35.5. The lowest BCUT2D eigenvalue weighted by atomic mass is 10.2. The summed E-state index contributed by atoms with van der Waals surface area (Å²) in [6, 6.07) is 11.8. The van der Waals surface area contributed by atoms with E-state index in [0.717, 1.165) is 0 Å². The Bertz CT molecular complexity index is 1050. The van der Waals surface area contributed by atoms with Crippen molar-refractivity contribution in [3.05, 3.63) is 58.9 Å². The number of carbonyl (C=O) groups excluding carboxylic acids is 2. The van der Waals surface area contributed by atoms with E-state index in [0.29, 0.717) is 27.6 Å². The molecule has 0 fully saturated rings. The molecule has 0 aliphatic carbocycles. The summed E-state index contributed by atoms with van der Waals surface area (Å²) in [4.78, 5) is 28.5. The molecule has 2 aromatic carbocycles. The van der Waals surface area contributed by atoms with Gasteiger partial charge in [0.05, 0.1) is 25.3 Å². The molecule has 0 aliphatic heterocycles. The second kappa shape index (κ2) is 9.75. The van der Waals surface area contributed by atoms with E-state index in [9.17, 15) is 9.59 Å². The SMILES string of the molecule is COc1ccccc1C(=O)NCCNC(=O)c1nc(-c2cc(Cl)ccc2OC)no1. The van der Waals surface area contributed by atoms with E-state index < -0.39 is 5.91 Å². The zero-order valence-corrected chi connectivity index (χ0v) is 17.0. The van der Waals surface area contributed by atoms with Gasteiger partial charge in [0.15, 0.2) is 0 Å². The summed E-state index contributed by atoms with van der Waals surface area (Å²) in [6.45, 7) is 0.365. The molecule has 0 radical (unpaired) electrons. The van der Waals surface area contributed by atoms with Crippen molar-refractivity contribution in [3.8, 4) is 22.9 Å². The minimum absolute atomic E-state index is 0.165. The molecule has 0 saturated carbocycles. The number of methoxy groups -OCH3 is 2. The lowest BCUT2D eigenvalue weighted by molar-refractivity contribution is 0.0897. The Morgan fingerprint density at radius 1 is 1.00 bits per heavy atom. The molecule has 1 aromatic heterocycles. The Balaban J connectivity index is 1.55. The number of hydrogen-bond acceptors (Lipinski definition) is 7. The molecule has 2 N–H and O–H groups in total. The first-order valence-corrected chi connectivity index (χ1v) is 9.28. The van der Waals surface area contributed by atoms with E-state index in [1.807, 2.05) is 0 Å². The molecule has 0 saturated heterocycles. The van der Waals surface area contributed by atoms with Crippen molar-refractivity contribution in [2.45, 2.75) is 0 Å². The third-order valence-electron chi connectivity index (χ3n) is 4.07. The van der Waals surface area contributed by atoms with Crippen LogP contribution in [0.4, 0.5) is 0 Å².